The van der Waals surface area contributed by atoms with Gasteiger partial charge in [-0.2, -0.15) is 0 Å². The molecule has 3 nitrogen and oxygen atoms in total. The zero-order chi connectivity index (χ0) is 12.0. The Hall–Kier alpha value is -1.06. The molecule has 1 atom stereocenters. The van der Waals surface area contributed by atoms with Crippen LogP contribution in [0.1, 0.15) is 24.9 Å². The number of anilines is 1. The van der Waals surface area contributed by atoms with Crippen molar-refractivity contribution in [2.24, 2.45) is 5.73 Å². The summed E-state index contributed by atoms with van der Waals surface area (Å²) in [7, 11) is 3.83. The van der Waals surface area contributed by atoms with E-state index in [1.807, 2.05) is 6.92 Å². The molecule has 1 aromatic carbocycles. The van der Waals surface area contributed by atoms with Crippen LogP contribution in [0.5, 0.6) is 0 Å². The maximum atomic E-state index is 5.81. The quantitative estimate of drug-likeness (QED) is 0.750. The van der Waals surface area contributed by atoms with Gasteiger partial charge in [0.1, 0.15) is 0 Å². The van der Waals surface area contributed by atoms with Crippen LogP contribution in [0.3, 0.4) is 0 Å². The fourth-order valence-corrected chi connectivity index (χ4v) is 1.61. The minimum absolute atomic E-state index is 0.104. The van der Waals surface area contributed by atoms with Gasteiger partial charge in [0.15, 0.2) is 0 Å². The third-order valence-electron chi connectivity index (χ3n) is 2.70. The van der Waals surface area contributed by atoms with Crippen molar-refractivity contribution in [1.29, 1.82) is 0 Å². The highest BCUT2D eigenvalue weighted by molar-refractivity contribution is 5.47. The van der Waals surface area contributed by atoms with E-state index in [-0.39, 0.29) is 6.04 Å². The highest BCUT2D eigenvalue weighted by Crippen LogP contribution is 2.17. The molecule has 3 heteroatoms. The molecule has 0 heterocycles. The standard InChI is InChI=1S/C13H22N2O/c1-11(14)12-5-7-13(8-6-12)15(2)9-4-10-16-3/h5-8,11H,4,9-10,14H2,1-3H3. The summed E-state index contributed by atoms with van der Waals surface area (Å²) in [5.74, 6) is 0. The number of benzene rings is 1. The van der Waals surface area contributed by atoms with E-state index in [0.29, 0.717) is 0 Å². The third kappa shape index (κ3) is 3.83. The first-order chi connectivity index (χ1) is 7.65. The summed E-state index contributed by atoms with van der Waals surface area (Å²) >= 11 is 0. The van der Waals surface area contributed by atoms with Gasteiger partial charge in [-0.05, 0) is 31.0 Å². The smallest absolute Gasteiger partial charge is 0.0479 e. The molecule has 0 aliphatic carbocycles. The van der Waals surface area contributed by atoms with Crippen LogP contribution in [0.4, 0.5) is 5.69 Å². The maximum absolute atomic E-state index is 5.81. The summed E-state index contributed by atoms with van der Waals surface area (Å²) in [6.07, 6.45) is 1.04. The lowest BCUT2D eigenvalue weighted by atomic mass is 10.1. The molecule has 16 heavy (non-hydrogen) atoms. The van der Waals surface area contributed by atoms with E-state index >= 15 is 0 Å². The number of hydrogen-bond acceptors (Lipinski definition) is 3. The molecule has 0 fully saturated rings. The van der Waals surface area contributed by atoms with Crippen LogP contribution in [0.25, 0.3) is 0 Å². The third-order valence-corrected chi connectivity index (χ3v) is 2.70. The van der Waals surface area contributed by atoms with Gasteiger partial charge in [-0.15, -0.1) is 0 Å². The van der Waals surface area contributed by atoms with E-state index in [1.165, 1.54) is 11.3 Å². The second kappa shape index (κ2) is 6.51. The number of methoxy groups -OCH3 is 1. The summed E-state index contributed by atoms with van der Waals surface area (Å²) in [4.78, 5) is 2.23. The maximum Gasteiger partial charge on any atom is 0.0479 e. The van der Waals surface area contributed by atoms with Gasteiger partial charge in [-0.25, -0.2) is 0 Å². The monoisotopic (exact) mass is 222 g/mol. The lowest BCUT2D eigenvalue weighted by Gasteiger charge is -2.19. The van der Waals surface area contributed by atoms with Gasteiger partial charge in [0.25, 0.3) is 0 Å². The van der Waals surface area contributed by atoms with Crippen molar-refractivity contribution in [2.45, 2.75) is 19.4 Å². The van der Waals surface area contributed by atoms with E-state index in [1.54, 1.807) is 7.11 Å². The molecule has 2 N–H and O–H groups in total. The molecule has 0 amide bonds. The highest BCUT2D eigenvalue weighted by atomic mass is 16.5. The Balaban J connectivity index is 2.52. The largest absolute Gasteiger partial charge is 0.385 e. The molecule has 0 saturated heterocycles. The zero-order valence-corrected chi connectivity index (χ0v) is 10.4. The van der Waals surface area contributed by atoms with Crippen LogP contribution in [0.15, 0.2) is 24.3 Å². The predicted octanol–water partition coefficient (Wildman–Crippen LogP) is 2.18. The minimum atomic E-state index is 0.104. The first-order valence-corrected chi connectivity index (χ1v) is 5.70. The van der Waals surface area contributed by atoms with Gasteiger partial charge in [0.2, 0.25) is 0 Å². The fraction of sp³-hybridized carbons (Fsp3) is 0.538. The first-order valence-electron chi connectivity index (χ1n) is 5.70. The van der Waals surface area contributed by atoms with Gasteiger partial charge < -0.3 is 15.4 Å². The lowest BCUT2D eigenvalue weighted by Crippen LogP contribution is -2.19. The molecule has 1 aromatic rings. The topological polar surface area (TPSA) is 38.5 Å². The average Bonchev–Trinajstić information content (AvgIpc) is 2.29. The number of ether oxygens (including phenoxy) is 1. The highest BCUT2D eigenvalue weighted by Gasteiger charge is 2.02. The number of rotatable bonds is 6. The van der Waals surface area contributed by atoms with Crippen LogP contribution in [0, 0.1) is 0 Å². The van der Waals surface area contributed by atoms with E-state index < -0.39 is 0 Å². The van der Waals surface area contributed by atoms with E-state index in [2.05, 4.69) is 36.2 Å². The van der Waals surface area contributed by atoms with Crippen molar-refractivity contribution < 1.29 is 4.74 Å². The fourth-order valence-electron chi connectivity index (χ4n) is 1.61. The molecule has 0 radical (unpaired) electrons. The van der Waals surface area contributed by atoms with Crippen LogP contribution in [-0.4, -0.2) is 27.3 Å². The van der Waals surface area contributed by atoms with Crippen LogP contribution in [0.2, 0.25) is 0 Å². The Morgan fingerprint density at radius 1 is 1.31 bits per heavy atom. The second-order valence-corrected chi connectivity index (χ2v) is 4.15. The molecular formula is C13H22N2O. The normalized spacial score (nSPS) is 12.5. The summed E-state index contributed by atoms with van der Waals surface area (Å²) in [6, 6.07) is 8.52. The Labute approximate surface area is 98.2 Å². The molecular weight excluding hydrogens is 200 g/mol. The van der Waals surface area contributed by atoms with Gasteiger partial charge in [-0.3, -0.25) is 0 Å². The summed E-state index contributed by atoms with van der Waals surface area (Å²) in [5.41, 5.74) is 8.21. The molecule has 0 aromatic heterocycles. The molecule has 0 saturated carbocycles. The van der Waals surface area contributed by atoms with Crippen LogP contribution in [-0.2, 0) is 4.74 Å². The molecule has 1 rings (SSSR count). The van der Waals surface area contributed by atoms with E-state index in [0.717, 1.165) is 19.6 Å². The predicted molar refractivity (Wildman–Crippen MR) is 68.8 cm³/mol. The van der Waals surface area contributed by atoms with Crippen molar-refractivity contribution in [1.82, 2.24) is 0 Å². The van der Waals surface area contributed by atoms with Gasteiger partial charge in [-0.1, -0.05) is 12.1 Å². The van der Waals surface area contributed by atoms with Crippen molar-refractivity contribution in [3.63, 3.8) is 0 Å². The second-order valence-electron chi connectivity index (χ2n) is 4.15. The van der Waals surface area contributed by atoms with Gasteiger partial charge in [0, 0.05) is 39.0 Å². The van der Waals surface area contributed by atoms with Crippen molar-refractivity contribution in [3.05, 3.63) is 29.8 Å². The molecule has 0 aliphatic rings. The molecule has 0 spiro atoms. The van der Waals surface area contributed by atoms with Crippen molar-refractivity contribution in [3.8, 4) is 0 Å². The minimum Gasteiger partial charge on any atom is -0.385 e. The molecule has 1 unspecified atom stereocenters. The number of nitrogens with zero attached hydrogens (tertiary/aromatic N) is 1. The summed E-state index contributed by atoms with van der Waals surface area (Å²) in [6.45, 7) is 3.81. The van der Waals surface area contributed by atoms with Crippen molar-refractivity contribution >= 4 is 5.69 Å². The summed E-state index contributed by atoms with van der Waals surface area (Å²) in [5, 5.41) is 0. The average molecular weight is 222 g/mol. The zero-order valence-electron chi connectivity index (χ0n) is 10.4. The van der Waals surface area contributed by atoms with Crippen LogP contribution >= 0.6 is 0 Å². The summed E-state index contributed by atoms with van der Waals surface area (Å²) < 4.78 is 5.04. The lowest BCUT2D eigenvalue weighted by molar-refractivity contribution is 0.196. The van der Waals surface area contributed by atoms with E-state index in [9.17, 15) is 0 Å². The Bertz CT molecular complexity index is 295. The molecule has 0 aliphatic heterocycles. The van der Waals surface area contributed by atoms with Gasteiger partial charge >= 0.3 is 0 Å². The number of hydrogen-bond donors (Lipinski definition) is 1. The Kier molecular flexibility index (Phi) is 5.29. The molecule has 0 bridgehead atoms. The van der Waals surface area contributed by atoms with Crippen molar-refractivity contribution in [2.75, 3.05) is 32.2 Å². The van der Waals surface area contributed by atoms with Crippen LogP contribution < -0.4 is 10.6 Å². The Morgan fingerprint density at radius 3 is 2.44 bits per heavy atom. The number of nitrogens with two attached hydrogens (primary N) is 1. The molecule has 90 valence electrons. The van der Waals surface area contributed by atoms with E-state index in [4.69, 9.17) is 10.5 Å². The SMILES string of the molecule is COCCCN(C)c1ccc(C(C)N)cc1. The van der Waals surface area contributed by atoms with Gasteiger partial charge in [0.05, 0.1) is 0 Å². The Morgan fingerprint density at radius 2 is 1.94 bits per heavy atom. The first kappa shape index (κ1) is 13.0.